The van der Waals surface area contributed by atoms with Gasteiger partial charge >= 0.3 is 11.9 Å². The number of aromatic amines is 1. The number of amides is 11. The van der Waals surface area contributed by atoms with Crippen LogP contribution < -0.4 is 92.1 Å². The van der Waals surface area contributed by atoms with E-state index in [1.165, 1.54) is 43.7 Å². The predicted molar refractivity (Wildman–Crippen MR) is 406 cm³/mol. The van der Waals surface area contributed by atoms with E-state index >= 15 is 0 Å². The second kappa shape index (κ2) is 47.9. The van der Waals surface area contributed by atoms with Crippen LogP contribution in [0.3, 0.4) is 0 Å². The number of carbonyl (C=O) groups excluding carboxylic acids is 11. The number of imidazole rings is 1. The molecule has 111 heavy (non-hydrogen) atoms. The number of nitrogens with two attached hydrogens (primary N) is 4. The minimum absolute atomic E-state index is 0.00577. The van der Waals surface area contributed by atoms with Gasteiger partial charge in [-0.2, -0.15) is 0 Å². The van der Waals surface area contributed by atoms with Crippen molar-refractivity contribution < 1.29 is 82.8 Å². The summed E-state index contributed by atoms with van der Waals surface area (Å²) in [5.74, 6) is -15.0. The molecule has 0 radical (unpaired) electrons. The number of aromatic hydroxyl groups is 1. The summed E-state index contributed by atoms with van der Waals surface area (Å²) in [6.07, 6.45) is 1.33. The highest BCUT2D eigenvalue weighted by atomic mass is 16.4. The third kappa shape index (κ3) is 33.7. The minimum atomic E-state index is -1.87. The molecule has 0 saturated heterocycles. The Labute approximate surface area is 642 Å². The summed E-state index contributed by atoms with van der Waals surface area (Å²) in [5, 5.41) is 89.0. The summed E-state index contributed by atoms with van der Waals surface area (Å²) in [6.45, 7) is 7.26. The number of phenols is 1. The van der Waals surface area contributed by atoms with Crippen molar-refractivity contribution in [1.82, 2.24) is 79.1 Å². The van der Waals surface area contributed by atoms with Crippen LogP contribution in [0.15, 0.2) is 97.5 Å². The number of hydrogen-bond acceptors (Lipinski definition) is 20. The lowest BCUT2D eigenvalue weighted by molar-refractivity contribution is -0.142. The van der Waals surface area contributed by atoms with Crippen molar-refractivity contribution in [2.24, 2.45) is 34.8 Å². The monoisotopic (exact) mass is 1550 g/mol. The van der Waals surface area contributed by atoms with E-state index in [4.69, 9.17) is 33.8 Å². The van der Waals surface area contributed by atoms with Crippen molar-refractivity contribution in [3.63, 3.8) is 0 Å². The van der Waals surface area contributed by atoms with Gasteiger partial charge in [0.15, 0.2) is 11.9 Å². The van der Waals surface area contributed by atoms with E-state index in [9.17, 15) is 82.8 Å². The van der Waals surface area contributed by atoms with Crippen LogP contribution in [-0.4, -0.2) is 218 Å². The van der Waals surface area contributed by atoms with Gasteiger partial charge in [0.25, 0.3) is 0 Å². The number of nitrogens with one attached hydrogen (secondary N) is 16. The quantitative estimate of drug-likeness (QED) is 0.0115. The molecule has 28 N–H and O–H groups in total. The van der Waals surface area contributed by atoms with Crippen molar-refractivity contribution in [2.75, 3.05) is 26.2 Å². The van der Waals surface area contributed by atoms with Crippen molar-refractivity contribution >= 4 is 88.8 Å². The molecule has 3 aromatic carbocycles. The highest BCUT2D eigenvalue weighted by molar-refractivity contribution is 6.00. The van der Waals surface area contributed by atoms with Crippen molar-refractivity contribution in [1.29, 1.82) is 10.8 Å². The number of aliphatic carboxylic acids is 2. The molecule has 0 fully saturated rings. The first-order valence-corrected chi connectivity index (χ1v) is 36.6. The molecule has 0 spiro atoms. The fourth-order valence-electron chi connectivity index (χ4n) is 11.3. The van der Waals surface area contributed by atoms with Gasteiger partial charge in [0.1, 0.15) is 72.2 Å². The fourth-order valence-corrected chi connectivity index (χ4v) is 11.3. The number of carboxylic acid groups (broad SMARTS) is 2. The van der Waals surface area contributed by atoms with Crippen LogP contribution in [-0.2, 0) is 88.0 Å². The number of unbranched alkanes of at least 4 members (excludes halogenated alkanes) is 1. The highest BCUT2D eigenvalue weighted by Gasteiger charge is 2.38. The normalized spacial score (nSPS) is 14.6. The molecule has 1 heterocycles. The molecule has 608 valence electrons. The lowest BCUT2D eigenvalue weighted by Gasteiger charge is -2.30. The maximum atomic E-state index is 14.8. The zero-order chi connectivity index (χ0) is 82.3. The Hall–Kier alpha value is -11.8. The van der Waals surface area contributed by atoms with E-state index < -0.39 is 180 Å². The summed E-state index contributed by atoms with van der Waals surface area (Å²) >= 11 is 0. The zero-order valence-corrected chi connectivity index (χ0v) is 62.9. The number of aliphatic hydroxyl groups excluding tert-OH is 1. The molecule has 1 aromatic heterocycles. The number of guanidine groups is 2. The van der Waals surface area contributed by atoms with E-state index in [-0.39, 0.29) is 108 Å². The first kappa shape index (κ1) is 91.6. The average Bonchev–Trinajstić information content (AvgIpc) is 1.21. The van der Waals surface area contributed by atoms with Crippen LogP contribution in [0, 0.1) is 22.7 Å². The van der Waals surface area contributed by atoms with Crippen molar-refractivity contribution in [2.45, 2.75) is 197 Å². The average molecular weight is 1550 g/mol. The number of rotatable bonds is 50. The van der Waals surface area contributed by atoms with Crippen LogP contribution in [0.25, 0.3) is 0 Å². The van der Waals surface area contributed by atoms with Gasteiger partial charge in [-0.25, -0.2) is 4.98 Å². The SMILES string of the molecule is CC[C@H](C)[C@H](NC(=O)[C@H](CC(C)C)NC(=O)[C@H](CCCNC(=N)N)NC(=O)[C@H](CCCNC(=N)N)NC(=O)[C@H](CCCCN)NC(=O)[C@H](CO)NC(=O)[C@H](Cc1cnc[nH]1)NC(=O)[C@H](Cc1ccc(O)cc1)NC(=O)[C@H](Cc1ccccc1)NC(=O)[C@@H](N)CC(=O)O)C(=O)N[C@@H](Cc1ccccc1)C(=O)N[C@@H](C)C(=O)O. The maximum absolute atomic E-state index is 14.8. The lowest BCUT2D eigenvalue weighted by atomic mass is 9.95. The van der Waals surface area contributed by atoms with Gasteiger partial charge in [0.2, 0.25) is 65.0 Å². The zero-order valence-electron chi connectivity index (χ0n) is 62.9. The van der Waals surface area contributed by atoms with Crippen LogP contribution in [0.1, 0.15) is 121 Å². The Morgan fingerprint density at radius 3 is 1.28 bits per heavy atom. The smallest absolute Gasteiger partial charge is 0.325 e. The van der Waals surface area contributed by atoms with Crippen molar-refractivity contribution in [3.05, 3.63) is 120 Å². The summed E-state index contributed by atoms with van der Waals surface area (Å²) in [4.78, 5) is 188. The Morgan fingerprint density at radius 2 is 0.865 bits per heavy atom. The van der Waals surface area contributed by atoms with Gasteiger partial charge < -0.3 is 117 Å². The summed E-state index contributed by atoms with van der Waals surface area (Å²) < 4.78 is 0. The number of H-pyrrole nitrogens is 1. The lowest BCUT2D eigenvalue weighted by Crippen LogP contribution is -2.62. The summed E-state index contributed by atoms with van der Waals surface area (Å²) in [6, 6.07) is 4.45. The van der Waals surface area contributed by atoms with Crippen LogP contribution in [0.5, 0.6) is 5.75 Å². The molecule has 0 bridgehead atoms. The molecule has 38 nitrogen and oxygen atoms in total. The third-order valence-corrected chi connectivity index (χ3v) is 17.7. The van der Waals surface area contributed by atoms with Gasteiger partial charge in [-0.3, -0.25) is 73.1 Å². The Balaban J connectivity index is 1.66. The molecular formula is C73H109N21O17. The second-order valence-corrected chi connectivity index (χ2v) is 27.3. The predicted octanol–water partition coefficient (Wildman–Crippen LogP) is -3.63. The molecule has 0 saturated carbocycles. The van der Waals surface area contributed by atoms with E-state index in [0.717, 1.165) is 0 Å². The number of carboxylic acids is 2. The number of aromatic nitrogens is 2. The first-order chi connectivity index (χ1) is 52.7. The molecule has 4 rings (SSSR count). The fraction of sp³-hybridized carbons (Fsp3) is 0.507. The highest BCUT2D eigenvalue weighted by Crippen LogP contribution is 2.17. The van der Waals surface area contributed by atoms with Crippen LogP contribution in [0.4, 0.5) is 0 Å². The summed E-state index contributed by atoms with van der Waals surface area (Å²) in [7, 11) is 0. The molecule has 38 heteroatoms. The molecular weight excluding hydrogens is 1440 g/mol. The Bertz CT molecular complexity index is 3730. The summed E-state index contributed by atoms with van der Waals surface area (Å²) in [5.41, 5.74) is 24.7. The minimum Gasteiger partial charge on any atom is -0.508 e. The van der Waals surface area contributed by atoms with Gasteiger partial charge in [-0.1, -0.05) is 107 Å². The number of hydrogen-bond donors (Lipinski definition) is 24. The molecule has 13 atom stereocenters. The van der Waals surface area contributed by atoms with E-state index in [1.54, 1.807) is 88.4 Å². The van der Waals surface area contributed by atoms with Crippen LogP contribution in [0.2, 0.25) is 0 Å². The van der Waals surface area contributed by atoms with E-state index in [1.807, 2.05) is 0 Å². The second-order valence-electron chi connectivity index (χ2n) is 27.3. The van der Waals surface area contributed by atoms with E-state index in [2.05, 4.69) is 79.1 Å². The third-order valence-electron chi connectivity index (χ3n) is 17.7. The number of phenolic OH excluding ortho intramolecular Hbond substituents is 1. The van der Waals surface area contributed by atoms with E-state index in [0.29, 0.717) is 29.5 Å². The standard InChI is InChI=1S/C73H109N21O17/c1-6-41(4)59(70(109)92-53(32-43-17-9-7-10-18-43)64(103)84-42(5)71(110)111)94-68(107)52(31-40(2)3)89-63(102)51(23-16-30-82-73(78)79)86-62(101)50(22-15-29-81-72(76)77)85-61(100)49(21-13-14-28-74)87-69(108)57(38-95)93-67(106)56(35-46-37-80-39-83-46)91-66(105)55(34-45-24-26-47(96)27-25-45)90-65(104)54(33-44-19-11-8-12-20-44)88-60(99)48(75)36-58(97)98/h7-12,17-20,24-27,37,39-42,48-57,59,95-96H,6,13-16,21-23,28-36,38,74-75H2,1-5H3,(H,80,83)(H,84,103)(H,85,100)(H,86,101)(H,87,108)(H,88,99)(H,89,102)(H,90,104)(H,91,105)(H,92,109)(H,93,106)(H,94,107)(H,97,98)(H,110,111)(H4,76,77,81)(H4,78,79,82)/t41-,42-,48-,49-,50-,51-,52-,53-,54-,55-,56-,57-,59-/m0/s1. The van der Waals surface area contributed by atoms with Gasteiger partial charge in [0.05, 0.1) is 25.4 Å². The van der Waals surface area contributed by atoms with Crippen molar-refractivity contribution in [3.8, 4) is 5.75 Å². The molecule has 4 aromatic rings. The first-order valence-electron chi connectivity index (χ1n) is 36.6. The van der Waals surface area contributed by atoms with Gasteiger partial charge in [-0.05, 0) is 105 Å². The van der Waals surface area contributed by atoms with Crippen LogP contribution >= 0.6 is 0 Å². The number of carbonyl (C=O) groups is 13. The molecule has 0 aliphatic carbocycles. The Morgan fingerprint density at radius 1 is 0.477 bits per heavy atom. The molecule has 11 amide bonds. The Kier molecular flexibility index (Phi) is 39.5. The van der Waals surface area contributed by atoms with Gasteiger partial charge in [0, 0.05) is 50.7 Å². The number of aliphatic hydroxyl groups is 1. The van der Waals surface area contributed by atoms with Gasteiger partial charge in [-0.15, -0.1) is 0 Å². The number of nitrogens with zero attached hydrogens (tertiary/aromatic N) is 1. The topological polar surface area (TPSA) is 640 Å². The molecule has 0 unspecified atom stereocenters. The largest absolute Gasteiger partial charge is 0.508 e. The maximum Gasteiger partial charge on any atom is 0.325 e. The number of benzene rings is 3. The molecule has 0 aliphatic heterocycles. The molecule has 0 aliphatic rings.